The Morgan fingerprint density at radius 1 is 1.31 bits per heavy atom. The molecule has 86 valence electrons. The predicted octanol–water partition coefficient (Wildman–Crippen LogP) is 1.82. The molecule has 0 saturated carbocycles. The molecule has 1 aromatic carbocycles. The largest absolute Gasteiger partial charge is 0.493 e. The minimum atomic E-state index is -4.83. The molecule has 0 spiro atoms. The molecule has 3 nitrogen and oxygen atoms in total. The number of aliphatic hydroxyl groups is 1. The second-order valence-corrected chi connectivity index (χ2v) is 3.19. The van der Waals surface area contributed by atoms with Gasteiger partial charge in [-0.3, -0.25) is 0 Å². The molecule has 1 rings (SSSR count). The Morgan fingerprint density at radius 2 is 1.88 bits per heavy atom. The van der Waals surface area contributed by atoms with E-state index in [2.05, 4.69) is 4.79 Å². The number of aliphatic hydroxyl groups excluding tert-OH is 1. The van der Waals surface area contributed by atoms with Crippen molar-refractivity contribution in [3.63, 3.8) is 0 Å². The van der Waals surface area contributed by atoms with E-state index in [1.807, 2.05) is 0 Å². The third-order valence-electron chi connectivity index (χ3n) is 1.99. The lowest BCUT2D eigenvalue weighted by molar-refractivity contribution is -0.125. The van der Waals surface area contributed by atoms with Crippen molar-refractivity contribution in [3.8, 4) is 0 Å². The number of hydrogen-bond acceptors (Lipinski definition) is 1. The minimum absolute atomic E-state index is 0.250. The molecule has 0 radical (unpaired) electrons. The van der Waals surface area contributed by atoms with E-state index in [0.717, 1.165) is 0 Å². The van der Waals surface area contributed by atoms with E-state index in [-0.39, 0.29) is 6.42 Å². The van der Waals surface area contributed by atoms with Gasteiger partial charge in [0.05, 0.1) is 0 Å². The first kappa shape index (κ1) is 12.4. The van der Waals surface area contributed by atoms with Crippen molar-refractivity contribution >= 4 is 5.71 Å². The van der Waals surface area contributed by atoms with Gasteiger partial charge in [0.25, 0.3) is 0 Å². The Hall–Kier alpha value is -1.65. The van der Waals surface area contributed by atoms with Crippen LogP contribution in [0, 0.1) is 0 Å². The van der Waals surface area contributed by atoms with Gasteiger partial charge in [-0.1, -0.05) is 30.3 Å². The van der Waals surface area contributed by atoms with Crippen LogP contribution in [-0.2, 0) is 6.42 Å². The third kappa shape index (κ3) is 3.18. The summed E-state index contributed by atoms with van der Waals surface area (Å²) in [4.78, 5) is 2.10. The molecule has 0 fully saturated rings. The molecule has 1 aromatic rings. The van der Waals surface area contributed by atoms with Gasteiger partial charge in [-0.05, 0) is 5.56 Å². The summed E-state index contributed by atoms with van der Waals surface area (Å²) < 4.78 is 36.7. The number of hydrogen-bond donors (Lipinski definition) is 1. The summed E-state index contributed by atoms with van der Waals surface area (Å²) in [5.41, 5.74) is 7.16. The molecule has 16 heavy (non-hydrogen) atoms. The van der Waals surface area contributed by atoms with Gasteiger partial charge in [0.15, 0.2) is 6.10 Å². The number of rotatable bonds is 3. The number of nitrogens with zero attached hydrogens (tertiary/aromatic N) is 2. The molecular formula is C10H9F3N2O. The Labute approximate surface area is 89.8 Å². The Bertz CT molecular complexity index is 396. The van der Waals surface area contributed by atoms with Crippen molar-refractivity contribution in [1.29, 1.82) is 0 Å². The van der Waals surface area contributed by atoms with Crippen LogP contribution in [0.25, 0.3) is 5.53 Å². The molecule has 0 aromatic heterocycles. The lowest BCUT2D eigenvalue weighted by Crippen LogP contribution is -2.36. The molecule has 0 heterocycles. The van der Waals surface area contributed by atoms with Gasteiger partial charge in [-0.2, -0.15) is 18.0 Å². The monoisotopic (exact) mass is 230 g/mol. The van der Waals surface area contributed by atoms with E-state index >= 15 is 0 Å². The van der Waals surface area contributed by atoms with E-state index in [4.69, 9.17) is 5.53 Å². The quantitative estimate of drug-likeness (QED) is 0.480. The second-order valence-electron chi connectivity index (χ2n) is 3.19. The number of alkyl halides is 3. The van der Waals surface area contributed by atoms with E-state index < -0.39 is 18.0 Å². The van der Waals surface area contributed by atoms with Gasteiger partial charge in [0.2, 0.25) is 0 Å². The second kappa shape index (κ2) is 4.92. The fourth-order valence-corrected chi connectivity index (χ4v) is 1.25. The lowest BCUT2D eigenvalue weighted by Gasteiger charge is -2.08. The van der Waals surface area contributed by atoms with Crippen LogP contribution in [-0.4, -0.2) is 27.9 Å². The Kier molecular flexibility index (Phi) is 3.82. The van der Waals surface area contributed by atoms with Gasteiger partial charge in [0, 0.05) is 6.42 Å². The highest BCUT2D eigenvalue weighted by molar-refractivity contribution is 5.88. The maximum Gasteiger partial charge on any atom is 0.493 e. The van der Waals surface area contributed by atoms with Crippen LogP contribution in [0.1, 0.15) is 5.56 Å². The fourth-order valence-electron chi connectivity index (χ4n) is 1.25. The summed E-state index contributed by atoms with van der Waals surface area (Å²) in [7, 11) is 0. The molecule has 0 aliphatic heterocycles. The van der Waals surface area contributed by atoms with Crippen molar-refractivity contribution in [2.75, 3.05) is 0 Å². The van der Waals surface area contributed by atoms with E-state index in [1.165, 1.54) is 0 Å². The summed E-state index contributed by atoms with van der Waals surface area (Å²) in [5, 5.41) is 9.29. The van der Waals surface area contributed by atoms with Crippen LogP contribution in [0.5, 0.6) is 0 Å². The first-order valence-electron chi connectivity index (χ1n) is 4.46. The van der Waals surface area contributed by atoms with Crippen LogP contribution in [0.3, 0.4) is 0 Å². The Balaban J connectivity index is 2.80. The molecule has 0 saturated heterocycles. The zero-order valence-corrected chi connectivity index (χ0v) is 8.15. The first-order valence-corrected chi connectivity index (χ1v) is 4.46. The average Bonchev–Trinajstić information content (AvgIpc) is 2.17. The number of benzene rings is 1. The number of halogens is 3. The van der Waals surface area contributed by atoms with Crippen molar-refractivity contribution in [1.82, 2.24) is 0 Å². The molecule has 1 atom stereocenters. The van der Waals surface area contributed by atoms with Crippen molar-refractivity contribution < 1.29 is 23.1 Å². The molecule has 0 aliphatic rings. The van der Waals surface area contributed by atoms with Crippen LogP contribution in [0.2, 0.25) is 0 Å². The molecule has 1 unspecified atom stereocenters. The van der Waals surface area contributed by atoms with E-state index in [0.29, 0.717) is 5.56 Å². The maximum atomic E-state index is 12.2. The zero-order chi connectivity index (χ0) is 12.2. The SMILES string of the molecule is [N-]=[N+]=C(C(O)Cc1ccccc1)C(F)(F)F. The highest BCUT2D eigenvalue weighted by Crippen LogP contribution is 2.19. The van der Waals surface area contributed by atoms with Gasteiger partial charge in [-0.25, -0.2) is 0 Å². The fraction of sp³-hybridized carbons (Fsp3) is 0.300. The predicted molar refractivity (Wildman–Crippen MR) is 50.8 cm³/mol. The third-order valence-corrected chi connectivity index (χ3v) is 1.99. The van der Waals surface area contributed by atoms with Crippen molar-refractivity contribution in [3.05, 3.63) is 41.4 Å². The zero-order valence-electron chi connectivity index (χ0n) is 8.15. The summed E-state index contributed by atoms with van der Waals surface area (Å²) in [6.07, 6.45) is -6.95. The molecule has 1 N–H and O–H groups in total. The topological polar surface area (TPSA) is 56.6 Å². The molecule has 6 heteroatoms. The van der Waals surface area contributed by atoms with E-state index in [1.54, 1.807) is 30.3 Å². The smallest absolute Gasteiger partial charge is 0.380 e. The normalized spacial score (nSPS) is 13.0. The maximum absolute atomic E-state index is 12.2. The summed E-state index contributed by atoms with van der Waals surface area (Å²) >= 11 is 0. The van der Waals surface area contributed by atoms with Crippen molar-refractivity contribution in [2.45, 2.75) is 18.7 Å². The highest BCUT2D eigenvalue weighted by Gasteiger charge is 2.48. The van der Waals surface area contributed by atoms with E-state index in [9.17, 15) is 18.3 Å². The molecular weight excluding hydrogens is 221 g/mol. The van der Waals surface area contributed by atoms with Gasteiger partial charge in [-0.15, -0.1) is 0 Å². The standard InChI is InChI=1S/C10H9F3N2O/c11-10(12,13)9(15-14)8(16)6-7-4-2-1-3-5-7/h1-5,8,16H,6H2. The van der Waals surface area contributed by atoms with Gasteiger partial charge >= 0.3 is 11.9 Å². The average molecular weight is 230 g/mol. The van der Waals surface area contributed by atoms with Crippen LogP contribution in [0.15, 0.2) is 30.3 Å². The summed E-state index contributed by atoms with van der Waals surface area (Å²) in [6.45, 7) is 0. The molecule has 0 aliphatic carbocycles. The van der Waals surface area contributed by atoms with Crippen LogP contribution in [0.4, 0.5) is 13.2 Å². The lowest BCUT2D eigenvalue weighted by atomic mass is 10.0. The van der Waals surface area contributed by atoms with Gasteiger partial charge < -0.3 is 10.6 Å². The van der Waals surface area contributed by atoms with Crippen molar-refractivity contribution in [2.24, 2.45) is 0 Å². The minimum Gasteiger partial charge on any atom is -0.380 e. The molecule has 0 bridgehead atoms. The van der Waals surface area contributed by atoms with Crippen LogP contribution >= 0.6 is 0 Å². The first-order chi connectivity index (χ1) is 7.45. The van der Waals surface area contributed by atoms with Crippen LogP contribution < -0.4 is 0 Å². The Morgan fingerprint density at radius 3 is 2.31 bits per heavy atom. The highest BCUT2D eigenvalue weighted by atomic mass is 19.4. The molecule has 0 amide bonds. The summed E-state index contributed by atoms with van der Waals surface area (Å²) in [6, 6.07) is 8.15. The summed E-state index contributed by atoms with van der Waals surface area (Å²) in [5.74, 6) is 0. The van der Waals surface area contributed by atoms with Gasteiger partial charge in [0.1, 0.15) is 0 Å².